The van der Waals surface area contributed by atoms with E-state index in [1.54, 1.807) is 35.1 Å². The SMILES string of the molecule is COc1cc2c3nc4n(c(=O)c3n(CC(=O)NC3CCCCC3)c2cc1OC)CCS4. The number of methoxy groups -OCH3 is 2. The molecule has 1 aliphatic carbocycles. The number of rotatable bonds is 5. The second-order valence-corrected chi connectivity index (χ2v) is 9.17. The van der Waals surface area contributed by atoms with Crippen LogP contribution in [-0.2, 0) is 17.9 Å². The number of hydrogen-bond acceptors (Lipinski definition) is 6. The molecule has 0 radical (unpaired) electrons. The summed E-state index contributed by atoms with van der Waals surface area (Å²) in [7, 11) is 3.15. The molecule has 1 aliphatic heterocycles. The molecule has 2 aliphatic rings. The van der Waals surface area contributed by atoms with E-state index in [2.05, 4.69) is 5.32 Å². The number of fused-ring (bicyclic) bond motifs is 4. The number of amides is 1. The van der Waals surface area contributed by atoms with Crippen LogP contribution in [0, 0.1) is 0 Å². The summed E-state index contributed by atoms with van der Waals surface area (Å²) >= 11 is 1.58. The molecule has 3 aromatic rings. The van der Waals surface area contributed by atoms with Gasteiger partial charge in [-0.2, -0.15) is 0 Å². The lowest BCUT2D eigenvalue weighted by atomic mass is 9.95. The molecule has 0 saturated heterocycles. The summed E-state index contributed by atoms with van der Waals surface area (Å²) in [5, 5.41) is 4.66. The van der Waals surface area contributed by atoms with E-state index >= 15 is 0 Å². The molecule has 0 unspecified atom stereocenters. The van der Waals surface area contributed by atoms with Crippen LogP contribution in [0.1, 0.15) is 32.1 Å². The fraction of sp³-hybridized carbons (Fsp3) is 0.500. The van der Waals surface area contributed by atoms with E-state index in [1.165, 1.54) is 6.42 Å². The summed E-state index contributed by atoms with van der Waals surface area (Å²) in [6, 6.07) is 3.88. The average molecular weight is 443 g/mol. The number of carbonyl (C=O) groups excluding carboxylic acids is 1. The smallest absolute Gasteiger partial charge is 0.278 e. The maximum atomic E-state index is 13.4. The number of hydrogen-bond donors (Lipinski definition) is 1. The van der Waals surface area contributed by atoms with Crippen molar-refractivity contribution in [3.05, 3.63) is 22.5 Å². The van der Waals surface area contributed by atoms with Gasteiger partial charge in [0.2, 0.25) is 5.91 Å². The maximum absolute atomic E-state index is 13.4. The monoisotopic (exact) mass is 442 g/mol. The zero-order valence-corrected chi connectivity index (χ0v) is 18.6. The van der Waals surface area contributed by atoms with Crippen LogP contribution in [0.15, 0.2) is 22.1 Å². The van der Waals surface area contributed by atoms with Crippen molar-refractivity contribution < 1.29 is 14.3 Å². The van der Waals surface area contributed by atoms with E-state index in [-0.39, 0.29) is 24.1 Å². The molecule has 164 valence electrons. The predicted octanol–water partition coefficient (Wildman–Crippen LogP) is 2.92. The van der Waals surface area contributed by atoms with Gasteiger partial charge >= 0.3 is 0 Å². The minimum atomic E-state index is -0.107. The van der Waals surface area contributed by atoms with Crippen LogP contribution in [0.2, 0.25) is 0 Å². The number of ether oxygens (including phenoxy) is 2. The quantitative estimate of drug-likeness (QED) is 0.612. The van der Waals surface area contributed by atoms with E-state index < -0.39 is 0 Å². The molecule has 1 aromatic carbocycles. The Balaban J connectivity index is 1.67. The van der Waals surface area contributed by atoms with E-state index in [4.69, 9.17) is 14.5 Å². The zero-order valence-electron chi connectivity index (χ0n) is 17.8. The van der Waals surface area contributed by atoms with Crippen molar-refractivity contribution in [2.75, 3.05) is 20.0 Å². The van der Waals surface area contributed by atoms with Gasteiger partial charge in [-0.15, -0.1) is 0 Å². The number of carbonyl (C=O) groups is 1. The number of nitrogens with one attached hydrogen (secondary N) is 1. The molecule has 3 heterocycles. The third kappa shape index (κ3) is 3.44. The Morgan fingerprint density at radius 2 is 1.94 bits per heavy atom. The van der Waals surface area contributed by atoms with E-state index in [1.807, 2.05) is 12.1 Å². The van der Waals surface area contributed by atoms with Gasteiger partial charge in [-0.25, -0.2) is 4.98 Å². The summed E-state index contributed by atoms with van der Waals surface area (Å²) in [6.45, 7) is 0.694. The van der Waals surface area contributed by atoms with E-state index in [0.717, 1.165) is 47.5 Å². The topological polar surface area (TPSA) is 87.4 Å². The highest BCUT2D eigenvalue weighted by Gasteiger charge is 2.25. The first kappa shape index (κ1) is 20.2. The normalized spacial score (nSPS) is 16.6. The summed E-state index contributed by atoms with van der Waals surface area (Å²) in [6.07, 6.45) is 5.54. The van der Waals surface area contributed by atoms with Crippen molar-refractivity contribution in [1.29, 1.82) is 0 Å². The molecule has 5 rings (SSSR count). The van der Waals surface area contributed by atoms with Crippen LogP contribution in [0.5, 0.6) is 11.5 Å². The fourth-order valence-electron chi connectivity index (χ4n) is 4.72. The van der Waals surface area contributed by atoms with Crippen LogP contribution in [0.4, 0.5) is 0 Å². The van der Waals surface area contributed by atoms with Crippen molar-refractivity contribution >= 4 is 39.6 Å². The maximum Gasteiger partial charge on any atom is 0.278 e. The first-order chi connectivity index (χ1) is 15.1. The van der Waals surface area contributed by atoms with Gasteiger partial charge in [0.25, 0.3) is 5.56 Å². The molecule has 0 atom stereocenters. The summed E-state index contributed by atoms with van der Waals surface area (Å²) < 4.78 is 14.5. The number of benzene rings is 1. The number of nitrogens with zero attached hydrogens (tertiary/aromatic N) is 3. The Morgan fingerprint density at radius 1 is 1.19 bits per heavy atom. The van der Waals surface area contributed by atoms with Crippen LogP contribution >= 0.6 is 11.8 Å². The van der Waals surface area contributed by atoms with Gasteiger partial charge in [-0.05, 0) is 18.9 Å². The highest BCUT2D eigenvalue weighted by Crippen LogP contribution is 2.37. The second-order valence-electron chi connectivity index (χ2n) is 8.11. The Hall–Kier alpha value is -2.68. The average Bonchev–Trinajstić information content (AvgIpc) is 3.37. The molecule has 1 N–H and O–H groups in total. The third-order valence-corrected chi connectivity index (χ3v) is 7.20. The van der Waals surface area contributed by atoms with E-state index in [9.17, 15) is 9.59 Å². The Kier molecular flexibility index (Phi) is 5.29. The lowest BCUT2D eigenvalue weighted by Gasteiger charge is -2.23. The van der Waals surface area contributed by atoms with Gasteiger partial charge in [-0.1, -0.05) is 31.0 Å². The summed E-state index contributed by atoms with van der Waals surface area (Å²) in [4.78, 5) is 31.1. The van der Waals surface area contributed by atoms with Crippen molar-refractivity contribution in [2.45, 2.75) is 56.4 Å². The molecule has 2 aromatic heterocycles. The van der Waals surface area contributed by atoms with Crippen molar-refractivity contribution in [2.24, 2.45) is 0 Å². The van der Waals surface area contributed by atoms with Gasteiger partial charge in [0.05, 0.1) is 19.7 Å². The summed E-state index contributed by atoms with van der Waals surface area (Å²) in [5.41, 5.74) is 1.69. The Bertz CT molecular complexity index is 1230. The van der Waals surface area contributed by atoms with Gasteiger partial charge in [0.1, 0.15) is 17.6 Å². The minimum Gasteiger partial charge on any atom is -0.493 e. The van der Waals surface area contributed by atoms with Crippen molar-refractivity contribution in [3.63, 3.8) is 0 Å². The minimum absolute atomic E-state index is 0.0649. The van der Waals surface area contributed by atoms with Crippen LogP contribution < -0.4 is 20.3 Å². The van der Waals surface area contributed by atoms with Crippen LogP contribution in [0.25, 0.3) is 21.9 Å². The molecule has 31 heavy (non-hydrogen) atoms. The predicted molar refractivity (Wildman–Crippen MR) is 120 cm³/mol. The van der Waals surface area contributed by atoms with Crippen LogP contribution in [0.3, 0.4) is 0 Å². The zero-order chi connectivity index (χ0) is 21.5. The molecule has 0 spiro atoms. The van der Waals surface area contributed by atoms with Gasteiger partial charge in [0.15, 0.2) is 16.7 Å². The largest absolute Gasteiger partial charge is 0.493 e. The second kappa shape index (κ2) is 8.11. The molecular formula is C22H26N4O4S. The highest BCUT2D eigenvalue weighted by molar-refractivity contribution is 7.99. The van der Waals surface area contributed by atoms with Crippen LogP contribution in [-0.4, -0.2) is 46.0 Å². The summed E-state index contributed by atoms with van der Waals surface area (Å²) in [5.74, 6) is 1.86. The molecule has 0 bridgehead atoms. The molecule has 8 nitrogen and oxygen atoms in total. The highest BCUT2D eigenvalue weighted by atomic mass is 32.2. The molecule has 9 heteroatoms. The first-order valence-electron chi connectivity index (χ1n) is 10.7. The van der Waals surface area contributed by atoms with Gasteiger partial charge in [-0.3, -0.25) is 14.2 Å². The van der Waals surface area contributed by atoms with Gasteiger partial charge < -0.3 is 19.4 Å². The molecule has 1 amide bonds. The Morgan fingerprint density at radius 3 is 2.68 bits per heavy atom. The lowest BCUT2D eigenvalue weighted by molar-refractivity contribution is -0.122. The van der Waals surface area contributed by atoms with Gasteiger partial charge in [0, 0.05) is 29.8 Å². The standard InChI is InChI=1S/C22H26N4O4S/c1-29-16-10-14-15(11-17(16)30-2)26(12-18(27)23-13-6-4-3-5-7-13)20-19(14)24-22-25(21(20)28)8-9-31-22/h10-11,13H,3-9,12H2,1-2H3,(H,23,27). The van der Waals surface area contributed by atoms with Crippen molar-refractivity contribution in [1.82, 2.24) is 19.4 Å². The fourth-order valence-corrected chi connectivity index (χ4v) is 5.66. The first-order valence-corrected chi connectivity index (χ1v) is 11.7. The lowest BCUT2D eigenvalue weighted by Crippen LogP contribution is -2.38. The molecule has 1 fully saturated rings. The Labute approximate surface area is 183 Å². The molecule has 1 saturated carbocycles. The van der Waals surface area contributed by atoms with E-state index in [0.29, 0.717) is 29.1 Å². The van der Waals surface area contributed by atoms with Crippen molar-refractivity contribution in [3.8, 4) is 11.5 Å². The molecular weight excluding hydrogens is 416 g/mol. The third-order valence-electron chi connectivity index (χ3n) is 6.25. The number of thioether (sulfide) groups is 1. The number of aromatic nitrogens is 3.